The molecule has 0 aromatic heterocycles. The number of ether oxygens (including phenoxy) is 1. The van der Waals surface area contributed by atoms with E-state index in [1.807, 2.05) is 26.0 Å². The molecule has 1 aliphatic carbocycles. The first-order valence-electron chi connectivity index (χ1n) is 10.4. The molecule has 2 aliphatic rings. The van der Waals surface area contributed by atoms with E-state index in [9.17, 15) is 23.8 Å². The number of aliphatic hydroxyl groups excluding tert-OH is 1. The van der Waals surface area contributed by atoms with Crippen molar-refractivity contribution in [3.8, 4) is 5.75 Å². The van der Waals surface area contributed by atoms with Crippen molar-refractivity contribution in [3.05, 3.63) is 59.2 Å². The Morgan fingerprint density at radius 1 is 1.24 bits per heavy atom. The molecule has 6 N–H and O–H groups in total. The average Bonchev–Trinajstić information content (AvgIpc) is 2.77. The monoisotopic (exact) mass is 495 g/mol. The van der Waals surface area contributed by atoms with Crippen LogP contribution in [0.2, 0.25) is 0 Å². The summed E-state index contributed by atoms with van der Waals surface area (Å²) in [5, 5.41) is 14.0. The molecular formula is C23H26N3NaO6S. The van der Waals surface area contributed by atoms with Crippen LogP contribution in [-0.4, -0.2) is 67.9 Å². The number of aliphatic hydroxyl groups is 1. The van der Waals surface area contributed by atoms with Gasteiger partial charge in [0.1, 0.15) is 22.0 Å². The summed E-state index contributed by atoms with van der Waals surface area (Å²) in [6.07, 6.45) is 1.27. The zero-order valence-electron chi connectivity index (χ0n) is 18.2. The fourth-order valence-electron chi connectivity index (χ4n) is 4.29. The Bertz CT molecular complexity index is 1230. The van der Waals surface area contributed by atoms with E-state index in [-0.39, 0.29) is 75.4 Å². The summed E-state index contributed by atoms with van der Waals surface area (Å²) < 4.78 is 30.8. The van der Waals surface area contributed by atoms with Gasteiger partial charge in [-0.1, -0.05) is 48.4 Å². The number of amides is 1. The molecule has 1 amide bonds. The van der Waals surface area contributed by atoms with E-state index >= 15 is 0 Å². The van der Waals surface area contributed by atoms with Gasteiger partial charge in [0.25, 0.3) is 5.91 Å². The van der Waals surface area contributed by atoms with Crippen LogP contribution in [-0.2, 0) is 15.0 Å². The molecule has 34 heavy (non-hydrogen) atoms. The van der Waals surface area contributed by atoms with E-state index in [4.69, 9.17) is 10.5 Å². The molecule has 0 bridgehead atoms. The minimum absolute atomic E-state index is 0. The normalized spacial score (nSPS) is 21.3. The van der Waals surface area contributed by atoms with Crippen LogP contribution in [0.3, 0.4) is 0 Å². The second-order valence-electron chi connectivity index (χ2n) is 8.18. The van der Waals surface area contributed by atoms with Crippen molar-refractivity contribution in [2.45, 2.75) is 37.0 Å². The van der Waals surface area contributed by atoms with E-state index in [0.717, 1.165) is 12.0 Å². The predicted octanol–water partition coefficient (Wildman–Crippen LogP) is 3.36. The van der Waals surface area contributed by atoms with Gasteiger partial charge in [-0.15, -0.1) is 4.40 Å². The molecule has 1 heterocycles. The first-order valence-corrected chi connectivity index (χ1v) is 11.9. The molecule has 9 nitrogen and oxygen atoms in total. The number of primary amides is 1. The van der Waals surface area contributed by atoms with Crippen LogP contribution in [0.4, 0.5) is 5.69 Å². The van der Waals surface area contributed by atoms with Crippen LogP contribution in [0.15, 0.2) is 57.3 Å². The van der Waals surface area contributed by atoms with Gasteiger partial charge in [-0.3, -0.25) is 18.7 Å². The Morgan fingerprint density at radius 2 is 1.94 bits per heavy atom. The number of hydrogen-bond donors (Lipinski definition) is 5. The second kappa shape index (κ2) is 9.73. The van der Waals surface area contributed by atoms with Gasteiger partial charge in [-0.05, 0) is 31.0 Å². The molecule has 2 aromatic rings. The molecule has 4 rings (SSSR count). The number of nitrogens with zero attached hydrogens (tertiary/aromatic N) is 1. The minimum atomic E-state index is -3.74. The topological polar surface area (TPSA) is 154 Å². The maximum atomic E-state index is 13.7. The zero-order chi connectivity index (χ0) is 24.0. The summed E-state index contributed by atoms with van der Waals surface area (Å²) in [7, 11) is -3.74. The van der Waals surface area contributed by atoms with Gasteiger partial charge in [0.2, 0.25) is 0 Å². The summed E-state index contributed by atoms with van der Waals surface area (Å²) >= 11 is 0. The summed E-state index contributed by atoms with van der Waals surface area (Å²) in [5.41, 5.74) is 5.59. The standard InChI is InChI=1S/C23H25N3O6S.Na.H/c1-3-10-23(2)15-7-5-4-6-14(15)20(28)19(21(23)29)22-25-16-9-8-13(32-12-18(24)27)11-17(16)33(30,31)26-22;;/h4-9,11,28,30-31H,3,10,12H2,1-2H3,(H2,24,27)(H,25,26);;. The van der Waals surface area contributed by atoms with E-state index in [0.29, 0.717) is 12.0 Å². The number of carbonyl (C=O) groups is 2. The Balaban J connectivity index is 0.00000324. The van der Waals surface area contributed by atoms with Gasteiger partial charge in [-0.2, -0.15) is 0 Å². The van der Waals surface area contributed by atoms with Crippen LogP contribution >= 0.6 is 10.8 Å². The Labute approximate surface area is 220 Å². The molecule has 1 unspecified atom stereocenters. The van der Waals surface area contributed by atoms with Gasteiger partial charge in [0, 0.05) is 11.6 Å². The summed E-state index contributed by atoms with van der Waals surface area (Å²) in [4.78, 5) is 24.7. The fourth-order valence-corrected chi connectivity index (χ4v) is 5.47. The average molecular weight is 496 g/mol. The molecule has 0 saturated carbocycles. The molecule has 0 spiro atoms. The molecule has 2 aromatic carbocycles. The fraction of sp³-hybridized carbons (Fsp3) is 0.261. The van der Waals surface area contributed by atoms with E-state index in [1.165, 1.54) is 18.2 Å². The molecular weight excluding hydrogens is 469 g/mol. The van der Waals surface area contributed by atoms with Crippen LogP contribution in [0.25, 0.3) is 5.76 Å². The number of rotatable bonds is 6. The first kappa shape index (κ1) is 26.3. The van der Waals surface area contributed by atoms with Gasteiger partial charge in [0.15, 0.2) is 18.2 Å². The second-order valence-corrected chi connectivity index (χ2v) is 9.84. The Kier molecular flexibility index (Phi) is 7.51. The summed E-state index contributed by atoms with van der Waals surface area (Å²) in [5.74, 6) is -1.21. The number of nitrogens with one attached hydrogen (secondary N) is 1. The zero-order valence-corrected chi connectivity index (χ0v) is 19.0. The Morgan fingerprint density at radius 3 is 2.62 bits per heavy atom. The van der Waals surface area contributed by atoms with Crippen molar-refractivity contribution in [2.24, 2.45) is 10.1 Å². The molecule has 1 atom stereocenters. The van der Waals surface area contributed by atoms with Gasteiger partial charge in [-0.25, -0.2) is 0 Å². The molecule has 0 saturated heterocycles. The number of amidine groups is 1. The molecule has 11 heteroatoms. The first-order chi connectivity index (χ1) is 15.6. The Hall–Kier alpha value is -2.34. The number of fused-ring (bicyclic) bond motifs is 2. The predicted molar refractivity (Wildman–Crippen MR) is 134 cm³/mol. The number of nitrogens with two attached hydrogens (primary N) is 1. The van der Waals surface area contributed by atoms with Gasteiger partial charge < -0.3 is 20.9 Å². The van der Waals surface area contributed by atoms with Crippen molar-refractivity contribution in [2.75, 3.05) is 11.9 Å². The van der Waals surface area contributed by atoms with E-state index in [2.05, 4.69) is 9.71 Å². The quantitative estimate of drug-likeness (QED) is 0.385. The van der Waals surface area contributed by atoms with E-state index in [1.54, 1.807) is 12.1 Å². The third-order valence-electron chi connectivity index (χ3n) is 5.83. The number of anilines is 1. The van der Waals surface area contributed by atoms with Crippen LogP contribution < -0.4 is 15.8 Å². The van der Waals surface area contributed by atoms with Crippen LogP contribution in [0, 0.1) is 0 Å². The van der Waals surface area contributed by atoms with E-state index < -0.39 is 22.1 Å². The third-order valence-corrected chi connectivity index (χ3v) is 7.19. The number of ketones is 1. The van der Waals surface area contributed by atoms with Crippen molar-refractivity contribution in [1.29, 1.82) is 0 Å². The third kappa shape index (κ3) is 4.49. The molecule has 1 aliphatic heterocycles. The van der Waals surface area contributed by atoms with Crippen LogP contribution in [0.1, 0.15) is 37.8 Å². The SMILES string of the molecule is CCCC1(C)C(=O)C(C2=NS(O)(O)c3cc(OCC(N)=O)ccc3N2)=C(O)c2ccccc21.[NaH]. The number of benzene rings is 2. The van der Waals surface area contributed by atoms with Crippen LogP contribution in [0.5, 0.6) is 5.75 Å². The maximum absolute atomic E-state index is 13.7. The van der Waals surface area contributed by atoms with Crippen molar-refractivity contribution in [3.63, 3.8) is 0 Å². The van der Waals surface area contributed by atoms with Crippen molar-refractivity contribution >= 4 is 69.3 Å². The number of hydrogen-bond acceptors (Lipinski definition) is 8. The number of carbonyl (C=O) groups excluding carboxylic acids is 2. The molecule has 0 radical (unpaired) electrons. The summed E-state index contributed by atoms with van der Waals surface area (Å²) in [6, 6.07) is 11.5. The molecule has 0 fully saturated rings. The van der Waals surface area contributed by atoms with Gasteiger partial charge in [0.05, 0.1) is 11.1 Å². The summed E-state index contributed by atoms with van der Waals surface area (Å²) in [6.45, 7) is 3.42. The molecule has 176 valence electrons. The van der Waals surface area contributed by atoms with Gasteiger partial charge >= 0.3 is 29.6 Å². The van der Waals surface area contributed by atoms with Crippen molar-refractivity contribution in [1.82, 2.24) is 0 Å². The van der Waals surface area contributed by atoms with Crippen molar-refractivity contribution < 1.29 is 28.5 Å². The number of Topliss-reactive ketones (excluding diaryl/α,β-unsaturated/α-hetero) is 1.